The smallest absolute Gasteiger partial charge is 0.248 e. The summed E-state index contributed by atoms with van der Waals surface area (Å²) < 4.78 is 38.0. The first-order valence-corrected chi connectivity index (χ1v) is 9.99. The van der Waals surface area contributed by atoms with Crippen LogP contribution in [-0.2, 0) is 6.54 Å². The number of ether oxygens (including phenoxy) is 1. The van der Waals surface area contributed by atoms with Crippen LogP contribution in [0.4, 0.5) is 13.6 Å². The first-order chi connectivity index (χ1) is 14.3. The predicted molar refractivity (Wildman–Crippen MR) is 107 cm³/mol. The minimum absolute atomic E-state index is 0.0121. The molecule has 1 aliphatic carbocycles. The van der Waals surface area contributed by atoms with Crippen molar-refractivity contribution in [2.75, 3.05) is 0 Å². The molecule has 3 aromatic rings. The summed E-state index contributed by atoms with van der Waals surface area (Å²) in [5.41, 5.74) is 2.23. The number of halogens is 3. The Hall–Kier alpha value is -2.80. The topological polar surface area (TPSA) is 74.5 Å². The van der Waals surface area contributed by atoms with Crippen LogP contribution in [0.5, 0.6) is 5.75 Å². The van der Waals surface area contributed by atoms with E-state index in [0.29, 0.717) is 35.0 Å². The van der Waals surface area contributed by atoms with Gasteiger partial charge >= 0.3 is 0 Å². The molecule has 0 atom stereocenters. The van der Waals surface area contributed by atoms with E-state index in [1.54, 1.807) is 12.1 Å². The monoisotopic (exact) mass is 434 g/mol. The summed E-state index contributed by atoms with van der Waals surface area (Å²) in [5.74, 6) is -1.51. The van der Waals surface area contributed by atoms with Crippen LogP contribution in [0.1, 0.15) is 31.4 Å². The molecular formula is C22H19ClF2NO4-. The first-order valence-electron chi connectivity index (χ1n) is 9.61. The number of fused-ring (bicyclic) bond motifs is 1. The lowest BCUT2D eigenvalue weighted by molar-refractivity contribution is -0.251. The zero-order valence-electron chi connectivity index (χ0n) is 15.9. The van der Waals surface area contributed by atoms with Gasteiger partial charge in [0.15, 0.2) is 5.58 Å². The van der Waals surface area contributed by atoms with Gasteiger partial charge < -0.3 is 24.4 Å². The van der Waals surface area contributed by atoms with Crippen LogP contribution in [0.3, 0.4) is 0 Å². The van der Waals surface area contributed by atoms with Crippen LogP contribution in [0.25, 0.3) is 22.1 Å². The van der Waals surface area contributed by atoms with Gasteiger partial charge in [-0.05, 0) is 54.3 Å². The highest BCUT2D eigenvalue weighted by Gasteiger charge is 2.35. The second kappa shape index (κ2) is 8.14. The molecule has 1 aromatic heterocycles. The zero-order valence-corrected chi connectivity index (χ0v) is 16.7. The van der Waals surface area contributed by atoms with Crippen LogP contribution in [0.15, 0.2) is 46.9 Å². The number of amides is 1. The number of carbonyl (C=O) groups is 1. The molecule has 158 valence electrons. The Labute approximate surface area is 176 Å². The predicted octanol–water partition coefficient (Wildman–Crippen LogP) is 5.14. The van der Waals surface area contributed by atoms with E-state index >= 15 is 0 Å². The van der Waals surface area contributed by atoms with E-state index in [2.05, 4.69) is 5.32 Å². The van der Waals surface area contributed by atoms with Crippen LogP contribution in [-0.4, -0.2) is 18.1 Å². The van der Waals surface area contributed by atoms with E-state index in [1.807, 2.05) is 30.3 Å². The summed E-state index contributed by atoms with van der Waals surface area (Å²) in [6.45, 7) is -0.0121. The van der Waals surface area contributed by atoms with E-state index in [0.717, 1.165) is 16.5 Å². The Balaban J connectivity index is 1.49. The van der Waals surface area contributed by atoms with E-state index in [-0.39, 0.29) is 25.5 Å². The van der Waals surface area contributed by atoms with Crippen molar-refractivity contribution < 1.29 is 27.8 Å². The van der Waals surface area contributed by atoms with Crippen molar-refractivity contribution in [1.82, 2.24) is 5.32 Å². The fourth-order valence-corrected chi connectivity index (χ4v) is 3.89. The van der Waals surface area contributed by atoms with Crippen molar-refractivity contribution in [3.05, 3.63) is 53.2 Å². The number of alkyl halides is 2. The molecule has 1 aliphatic rings. The van der Waals surface area contributed by atoms with Gasteiger partial charge in [0.25, 0.3) is 0 Å². The highest BCUT2D eigenvalue weighted by Crippen LogP contribution is 2.36. The maximum Gasteiger partial charge on any atom is 0.248 e. The number of carbonyl (C=O) groups excluding carboxylic acids is 1. The number of rotatable bonds is 5. The van der Waals surface area contributed by atoms with Gasteiger partial charge in [0, 0.05) is 18.2 Å². The van der Waals surface area contributed by atoms with Crippen molar-refractivity contribution in [1.29, 1.82) is 0 Å². The molecule has 1 saturated carbocycles. The highest BCUT2D eigenvalue weighted by molar-refractivity contribution is 6.35. The van der Waals surface area contributed by atoms with Crippen molar-refractivity contribution in [2.45, 2.75) is 44.3 Å². The van der Waals surface area contributed by atoms with Crippen molar-refractivity contribution >= 4 is 28.7 Å². The van der Waals surface area contributed by atoms with E-state index in [9.17, 15) is 18.7 Å². The number of benzene rings is 2. The van der Waals surface area contributed by atoms with E-state index in [1.165, 1.54) is 0 Å². The Kier molecular flexibility index (Phi) is 5.56. The Bertz CT molecular complexity index is 1050. The van der Waals surface area contributed by atoms with E-state index in [4.69, 9.17) is 20.8 Å². The van der Waals surface area contributed by atoms with Crippen LogP contribution < -0.4 is 15.2 Å². The second-order valence-electron chi connectivity index (χ2n) is 7.43. The van der Waals surface area contributed by atoms with Gasteiger partial charge in [-0.15, -0.1) is 0 Å². The summed E-state index contributed by atoms with van der Waals surface area (Å²) in [6.07, 6.45) is -1.17. The summed E-state index contributed by atoms with van der Waals surface area (Å²) in [6, 6.07) is 12.8. The Morgan fingerprint density at radius 3 is 2.53 bits per heavy atom. The molecule has 5 nitrogen and oxygen atoms in total. The van der Waals surface area contributed by atoms with Gasteiger partial charge in [-0.2, -0.15) is 0 Å². The molecule has 0 bridgehead atoms. The van der Waals surface area contributed by atoms with Crippen LogP contribution in [0, 0.1) is 0 Å². The largest absolute Gasteiger partial charge is 0.530 e. The minimum Gasteiger partial charge on any atom is -0.530 e. The summed E-state index contributed by atoms with van der Waals surface area (Å²) >= 11 is 6.34. The van der Waals surface area contributed by atoms with Gasteiger partial charge in [0.05, 0.1) is 17.7 Å². The lowest BCUT2D eigenvalue weighted by Gasteiger charge is -2.28. The third kappa shape index (κ3) is 4.67. The molecule has 0 unspecified atom stereocenters. The van der Waals surface area contributed by atoms with Gasteiger partial charge in [-0.1, -0.05) is 23.7 Å². The Morgan fingerprint density at radius 2 is 1.87 bits per heavy atom. The number of hydrogen-bond donors (Lipinski definition) is 1. The van der Waals surface area contributed by atoms with Crippen molar-refractivity contribution in [2.24, 2.45) is 0 Å². The quantitative estimate of drug-likeness (QED) is 0.603. The summed E-state index contributed by atoms with van der Waals surface area (Å²) in [4.78, 5) is 10.5. The molecule has 1 amide bonds. The lowest BCUT2D eigenvalue weighted by Crippen LogP contribution is -2.35. The third-order valence-corrected chi connectivity index (χ3v) is 5.46. The van der Waals surface area contributed by atoms with Crippen molar-refractivity contribution in [3.63, 3.8) is 0 Å². The average molecular weight is 435 g/mol. The molecular weight excluding hydrogens is 416 g/mol. The average Bonchev–Trinajstić information content (AvgIpc) is 3.12. The molecule has 0 aliphatic heterocycles. The molecule has 30 heavy (non-hydrogen) atoms. The zero-order chi connectivity index (χ0) is 21.3. The number of furan rings is 1. The maximum atomic E-state index is 13.3. The molecule has 1 N–H and O–H groups in total. The summed E-state index contributed by atoms with van der Waals surface area (Å²) in [5, 5.41) is 13.8. The van der Waals surface area contributed by atoms with E-state index < -0.39 is 12.0 Å². The van der Waals surface area contributed by atoms with Gasteiger partial charge in [0.2, 0.25) is 5.92 Å². The van der Waals surface area contributed by atoms with Crippen molar-refractivity contribution in [3.8, 4) is 16.9 Å². The van der Waals surface area contributed by atoms with Gasteiger partial charge in [0.1, 0.15) is 17.6 Å². The van der Waals surface area contributed by atoms with Gasteiger partial charge in [-0.3, -0.25) is 0 Å². The standard InChI is InChI=1S/C22H20ClF2NO4/c23-19-11-14(9-15-10-18(30-20(15)19)12-26-21(27)28)13-1-3-16(4-2-13)29-17-5-7-22(24,25)8-6-17/h1-4,9-11,17,26H,5-8,12H2,(H,27,28)/p-1. The molecule has 4 rings (SSSR count). The third-order valence-electron chi connectivity index (χ3n) is 5.18. The Morgan fingerprint density at radius 1 is 1.17 bits per heavy atom. The fourth-order valence-electron chi connectivity index (χ4n) is 3.63. The van der Waals surface area contributed by atoms with Gasteiger partial charge in [-0.25, -0.2) is 8.78 Å². The molecule has 0 spiro atoms. The molecule has 0 radical (unpaired) electrons. The number of carboxylic acid groups (broad SMARTS) is 1. The molecule has 1 fully saturated rings. The maximum absolute atomic E-state index is 13.3. The molecule has 2 aromatic carbocycles. The van der Waals surface area contributed by atoms with Crippen LogP contribution >= 0.6 is 11.6 Å². The molecule has 0 saturated heterocycles. The minimum atomic E-state index is -2.57. The normalized spacial score (nSPS) is 16.5. The SMILES string of the molecule is O=C([O-])NCc1cc2cc(-c3ccc(OC4CCC(F)(F)CC4)cc3)cc(Cl)c2o1. The molecule has 1 heterocycles. The summed E-state index contributed by atoms with van der Waals surface area (Å²) in [7, 11) is 0. The number of hydrogen-bond acceptors (Lipinski definition) is 4. The number of nitrogens with one attached hydrogen (secondary N) is 1. The van der Waals surface area contributed by atoms with Crippen LogP contribution in [0.2, 0.25) is 5.02 Å². The first kappa shape index (κ1) is 20.5. The second-order valence-corrected chi connectivity index (χ2v) is 7.83. The highest BCUT2D eigenvalue weighted by atomic mass is 35.5. The molecule has 8 heteroatoms. The lowest BCUT2D eigenvalue weighted by atomic mass is 9.94. The fraction of sp³-hybridized carbons (Fsp3) is 0.318.